The van der Waals surface area contributed by atoms with Crippen molar-refractivity contribution in [3.8, 4) is 5.75 Å². The summed E-state index contributed by atoms with van der Waals surface area (Å²) in [6.07, 6.45) is 12.1. The lowest BCUT2D eigenvalue weighted by molar-refractivity contribution is -0.224. The third kappa shape index (κ3) is 6.82. The van der Waals surface area contributed by atoms with Gasteiger partial charge >= 0.3 is 0 Å². The predicted octanol–water partition coefficient (Wildman–Crippen LogP) is 5.71. The summed E-state index contributed by atoms with van der Waals surface area (Å²) in [5, 5.41) is 15.2. The average Bonchev–Trinajstić information content (AvgIpc) is 3.89. The first-order chi connectivity index (χ1) is 23.0. The maximum absolute atomic E-state index is 6.63. The summed E-state index contributed by atoms with van der Waals surface area (Å²) in [6.45, 7) is 13.9. The molecule has 3 aromatic rings. The number of hydrogen-bond donors (Lipinski definition) is 0. The molecule has 7 rings (SSSR count). The number of rotatable bonds is 11. The van der Waals surface area contributed by atoms with Crippen molar-refractivity contribution in [2.24, 2.45) is 11.0 Å². The van der Waals surface area contributed by atoms with Gasteiger partial charge < -0.3 is 24.0 Å². The number of benzene rings is 2. The molecule has 0 spiro atoms. The molecule has 2 saturated heterocycles. The monoisotopic (exact) mass is 640 g/mol. The molecule has 3 atom stereocenters. The Kier molecular flexibility index (Phi) is 9.35. The summed E-state index contributed by atoms with van der Waals surface area (Å²) in [7, 11) is 0. The van der Waals surface area contributed by atoms with Gasteiger partial charge in [-0.05, 0) is 74.7 Å². The summed E-state index contributed by atoms with van der Waals surface area (Å²) in [5.74, 6) is 1.40. The van der Waals surface area contributed by atoms with Gasteiger partial charge in [0.05, 0.1) is 25.0 Å². The maximum atomic E-state index is 6.63. The van der Waals surface area contributed by atoms with Crippen molar-refractivity contribution < 1.29 is 14.2 Å². The summed E-state index contributed by atoms with van der Waals surface area (Å²) in [4.78, 5) is 8.64. The van der Waals surface area contributed by atoms with E-state index in [1.807, 2.05) is 11.3 Å². The van der Waals surface area contributed by atoms with Gasteiger partial charge in [-0.3, -0.25) is 4.90 Å². The van der Waals surface area contributed by atoms with Gasteiger partial charge in [-0.2, -0.15) is 20.1 Å². The number of ether oxygens (including phenoxy) is 3. The molecule has 1 aliphatic carbocycles. The van der Waals surface area contributed by atoms with Crippen molar-refractivity contribution in [1.82, 2.24) is 20.0 Å². The summed E-state index contributed by atoms with van der Waals surface area (Å²) in [6, 6.07) is 17.5. The zero-order valence-corrected chi connectivity index (χ0v) is 27.8. The molecule has 4 heterocycles. The van der Waals surface area contributed by atoms with Gasteiger partial charge in [0.15, 0.2) is 5.79 Å². The van der Waals surface area contributed by atoms with Crippen LogP contribution in [0.15, 0.2) is 78.4 Å². The van der Waals surface area contributed by atoms with E-state index in [2.05, 4.69) is 99.0 Å². The van der Waals surface area contributed by atoms with Crippen LogP contribution in [0.5, 0.6) is 5.75 Å². The van der Waals surface area contributed by atoms with Crippen LogP contribution in [0, 0.1) is 5.92 Å². The molecular formula is C36H48N8O3. The van der Waals surface area contributed by atoms with Crippen molar-refractivity contribution in [3.63, 3.8) is 0 Å². The number of hydrogen-bond acceptors (Lipinski definition) is 10. The van der Waals surface area contributed by atoms with E-state index in [9.17, 15) is 0 Å². The molecule has 47 heavy (non-hydrogen) atoms. The molecule has 0 N–H and O–H groups in total. The second-order valence-corrected chi connectivity index (χ2v) is 13.2. The van der Waals surface area contributed by atoms with E-state index in [-0.39, 0.29) is 6.10 Å². The number of piperazine rings is 1. The molecule has 2 aromatic carbocycles. The van der Waals surface area contributed by atoms with Crippen molar-refractivity contribution >= 4 is 23.4 Å². The number of hydrazone groups is 1. The Morgan fingerprint density at radius 1 is 0.894 bits per heavy atom. The highest BCUT2D eigenvalue weighted by Gasteiger charge is 2.49. The van der Waals surface area contributed by atoms with E-state index < -0.39 is 5.79 Å². The minimum Gasteiger partial charge on any atom is -0.491 e. The first kappa shape index (κ1) is 31.5. The highest BCUT2D eigenvalue weighted by Crippen LogP contribution is 2.41. The third-order valence-electron chi connectivity index (χ3n) is 10.2. The number of aromatic nitrogens is 3. The molecule has 0 bridgehead atoms. The van der Waals surface area contributed by atoms with Crippen LogP contribution in [0.4, 0.5) is 17.1 Å². The van der Waals surface area contributed by atoms with Crippen LogP contribution in [0.25, 0.3) is 0 Å². The largest absolute Gasteiger partial charge is 0.491 e. The first-order valence-electron chi connectivity index (χ1n) is 17.3. The lowest BCUT2D eigenvalue weighted by atomic mass is 9.83. The zero-order valence-electron chi connectivity index (χ0n) is 27.8. The predicted molar refractivity (Wildman–Crippen MR) is 185 cm³/mol. The van der Waals surface area contributed by atoms with Gasteiger partial charge in [0.25, 0.3) is 0 Å². The van der Waals surface area contributed by atoms with E-state index in [1.54, 1.807) is 17.2 Å². The quantitative estimate of drug-likeness (QED) is 0.262. The van der Waals surface area contributed by atoms with E-state index in [4.69, 9.17) is 14.2 Å². The Morgan fingerprint density at radius 2 is 1.51 bits per heavy atom. The molecule has 0 radical (unpaired) electrons. The van der Waals surface area contributed by atoms with Gasteiger partial charge in [-0.15, -0.1) is 0 Å². The van der Waals surface area contributed by atoms with Crippen LogP contribution in [0.3, 0.4) is 0 Å². The fourth-order valence-electron chi connectivity index (χ4n) is 7.25. The summed E-state index contributed by atoms with van der Waals surface area (Å²) >= 11 is 0. The average molecular weight is 641 g/mol. The van der Waals surface area contributed by atoms with Crippen LogP contribution < -0.4 is 19.4 Å². The van der Waals surface area contributed by atoms with Crippen LogP contribution in [-0.2, 0) is 16.0 Å². The molecule has 4 aliphatic rings. The Hall–Kier alpha value is -4.09. The fraction of sp³-hybridized carbons (Fsp3) is 0.528. The summed E-state index contributed by atoms with van der Waals surface area (Å²) in [5.41, 5.74) is 3.54. The Balaban J connectivity index is 0.888. The molecule has 11 nitrogen and oxygen atoms in total. The lowest BCUT2D eigenvalue weighted by Crippen LogP contribution is -2.46. The van der Waals surface area contributed by atoms with Crippen LogP contribution >= 0.6 is 0 Å². The van der Waals surface area contributed by atoms with Gasteiger partial charge in [0, 0.05) is 49.2 Å². The topological polar surface area (TPSA) is 83.7 Å². The van der Waals surface area contributed by atoms with E-state index in [0.717, 1.165) is 62.7 Å². The Labute approximate surface area is 278 Å². The van der Waals surface area contributed by atoms with Gasteiger partial charge in [-0.25, -0.2) is 5.01 Å². The lowest BCUT2D eigenvalue weighted by Gasteiger charge is -2.37. The molecule has 3 aliphatic heterocycles. The molecule has 3 unspecified atom stereocenters. The second-order valence-electron chi connectivity index (χ2n) is 13.2. The zero-order chi connectivity index (χ0) is 32.2. The van der Waals surface area contributed by atoms with Crippen LogP contribution in [-0.4, -0.2) is 83.7 Å². The highest BCUT2D eigenvalue weighted by atomic mass is 16.8. The van der Waals surface area contributed by atoms with E-state index >= 15 is 0 Å². The third-order valence-corrected chi connectivity index (χ3v) is 10.2. The standard InChI is InChI=1S/C36H48N8O3/c1-4-28(2)44-29(3)42(27-39-44)33-12-10-31(11-13-33)40-20-22-41(23-21-40)32-14-16-34(17-15-32)45-24-35-25-46-36(47-35,26-43-37-18-19-38-43)30-8-6-5-7-9-30/h10-19,27-28,30,35H,3-9,20-26H2,1-2H3. The molecule has 11 heteroatoms. The fourth-order valence-corrected chi connectivity index (χ4v) is 7.25. The maximum Gasteiger partial charge on any atom is 0.193 e. The molecule has 250 valence electrons. The van der Waals surface area contributed by atoms with Crippen molar-refractivity contribution in [2.45, 2.75) is 76.9 Å². The van der Waals surface area contributed by atoms with E-state index in [1.165, 1.54) is 30.6 Å². The summed E-state index contributed by atoms with van der Waals surface area (Å²) < 4.78 is 19.3. The first-order valence-corrected chi connectivity index (χ1v) is 17.3. The van der Waals surface area contributed by atoms with Gasteiger partial charge in [-0.1, -0.05) is 32.8 Å². The van der Waals surface area contributed by atoms with Crippen molar-refractivity contribution in [2.75, 3.05) is 54.1 Å². The molecule has 1 aromatic heterocycles. The smallest absolute Gasteiger partial charge is 0.193 e. The molecular weight excluding hydrogens is 592 g/mol. The van der Waals surface area contributed by atoms with Crippen LogP contribution in [0.2, 0.25) is 0 Å². The minimum absolute atomic E-state index is 0.129. The van der Waals surface area contributed by atoms with Gasteiger partial charge in [0.2, 0.25) is 0 Å². The van der Waals surface area contributed by atoms with Crippen LogP contribution in [0.1, 0.15) is 52.4 Å². The molecule has 3 fully saturated rings. The van der Waals surface area contributed by atoms with Crippen molar-refractivity contribution in [3.05, 3.63) is 73.3 Å². The number of anilines is 3. The Morgan fingerprint density at radius 3 is 2.15 bits per heavy atom. The van der Waals surface area contributed by atoms with E-state index in [0.29, 0.717) is 31.7 Å². The van der Waals surface area contributed by atoms with Crippen molar-refractivity contribution in [1.29, 1.82) is 0 Å². The highest BCUT2D eigenvalue weighted by molar-refractivity contribution is 5.85. The SMILES string of the molecule is C=C1N(c2ccc(N3CCN(c4ccc(OCC5COC(Cn6nccn6)(C6CCCCC6)O5)cc4)CC3)cc2)C=NN1C(C)CC. The Bertz CT molecular complexity index is 1480. The second kappa shape index (κ2) is 13.9. The normalized spacial score (nSPS) is 24.4. The minimum atomic E-state index is -0.686. The number of nitrogens with zero attached hydrogens (tertiary/aromatic N) is 8. The van der Waals surface area contributed by atoms with Gasteiger partial charge in [0.1, 0.15) is 37.2 Å². The molecule has 1 saturated carbocycles. The molecule has 0 amide bonds.